The summed E-state index contributed by atoms with van der Waals surface area (Å²) in [6.07, 6.45) is 23.4. The summed E-state index contributed by atoms with van der Waals surface area (Å²) in [6.45, 7) is 4.36. The predicted octanol–water partition coefficient (Wildman–Crippen LogP) is 7.65. The van der Waals surface area contributed by atoms with Crippen molar-refractivity contribution in [1.82, 2.24) is 0 Å². The molecule has 0 aromatic rings. The smallest absolute Gasteiger partial charge is 0.0339 e. The average molecular weight is 301 g/mol. The normalized spacial score (nSPS) is 13.2. The van der Waals surface area contributed by atoms with Gasteiger partial charge >= 0.3 is 0 Å². The summed E-state index contributed by atoms with van der Waals surface area (Å²) in [7, 11) is 0. The number of unbranched alkanes of at least 4 members (excludes halogenated alkanes) is 10. The van der Waals surface area contributed by atoms with Gasteiger partial charge in [0.1, 0.15) is 0 Å². The van der Waals surface area contributed by atoms with Gasteiger partial charge in [0.25, 0.3) is 0 Å². The summed E-state index contributed by atoms with van der Waals surface area (Å²) in [5.74, 6) is 0. The number of halogens is 1. The molecule has 0 bridgehead atoms. The Morgan fingerprint density at radius 3 is 1.75 bits per heavy atom. The summed E-state index contributed by atoms with van der Waals surface area (Å²) >= 11 is 6.31. The lowest BCUT2D eigenvalue weighted by molar-refractivity contribution is 0.537. The van der Waals surface area contributed by atoms with Gasteiger partial charge in [0, 0.05) is 5.38 Å². The Labute approximate surface area is 133 Å². The van der Waals surface area contributed by atoms with Crippen molar-refractivity contribution in [3.8, 4) is 0 Å². The maximum atomic E-state index is 6.31. The van der Waals surface area contributed by atoms with Gasteiger partial charge in [-0.1, -0.05) is 89.7 Å². The Balaban J connectivity index is 3.08. The molecule has 0 nitrogen and oxygen atoms in total. The quantitative estimate of drug-likeness (QED) is 0.165. The lowest BCUT2D eigenvalue weighted by Gasteiger charge is -2.07. The second-order valence-corrected chi connectivity index (χ2v) is 6.69. The molecule has 120 valence electrons. The monoisotopic (exact) mass is 300 g/mol. The van der Waals surface area contributed by atoms with Crippen LogP contribution in [0.2, 0.25) is 0 Å². The number of allylic oxidation sites excluding steroid dienone is 2. The van der Waals surface area contributed by atoms with Gasteiger partial charge in [-0.25, -0.2) is 0 Å². The molecule has 0 aliphatic heterocycles. The molecule has 0 N–H and O–H groups in total. The highest BCUT2D eigenvalue weighted by atomic mass is 35.5. The third-order valence-corrected chi connectivity index (χ3v) is 4.44. The Morgan fingerprint density at radius 1 is 0.750 bits per heavy atom. The second-order valence-electron chi connectivity index (χ2n) is 6.07. The molecule has 0 aliphatic rings. The molecule has 20 heavy (non-hydrogen) atoms. The van der Waals surface area contributed by atoms with Crippen LogP contribution in [-0.2, 0) is 0 Å². The van der Waals surface area contributed by atoms with Crippen LogP contribution in [0.4, 0.5) is 0 Å². The van der Waals surface area contributed by atoms with Crippen LogP contribution in [-0.4, -0.2) is 5.38 Å². The highest BCUT2D eigenvalue weighted by Crippen LogP contribution is 2.16. The fourth-order valence-electron chi connectivity index (χ4n) is 2.62. The highest BCUT2D eigenvalue weighted by molar-refractivity contribution is 6.20. The summed E-state index contributed by atoms with van der Waals surface area (Å²) in [5.41, 5.74) is 0. The van der Waals surface area contributed by atoms with E-state index in [0.717, 1.165) is 12.8 Å². The van der Waals surface area contributed by atoms with Crippen molar-refractivity contribution in [3.05, 3.63) is 12.2 Å². The predicted molar refractivity (Wildman–Crippen MR) is 94.8 cm³/mol. The van der Waals surface area contributed by atoms with Gasteiger partial charge in [-0.05, 0) is 26.2 Å². The molecular formula is C19H37Cl. The molecule has 0 saturated carbocycles. The third kappa shape index (κ3) is 16.1. The number of rotatable bonds is 15. The molecule has 0 heterocycles. The zero-order valence-electron chi connectivity index (χ0n) is 14.0. The van der Waals surface area contributed by atoms with E-state index in [4.69, 9.17) is 11.6 Å². The first-order chi connectivity index (χ1) is 9.81. The fourth-order valence-corrected chi connectivity index (χ4v) is 2.90. The van der Waals surface area contributed by atoms with Crippen molar-refractivity contribution in [1.29, 1.82) is 0 Å². The van der Waals surface area contributed by atoms with Crippen LogP contribution in [0, 0.1) is 0 Å². The molecular weight excluding hydrogens is 264 g/mol. The van der Waals surface area contributed by atoms with E-state index in [1.807, 2.05) is 0 Å². The van der Waals surface area contributed by atoms with Gasteiger partial charge in [0.15, 0.2) is 0 Å². The van der Waals surface area contributed by atoms with Crippen molar-refractivity contribution in [2.45, 2.75) is 109 Å². The van der Waals surface area contributed by atoms with E-state index in [1.54, 1.807) is 0 Å². The van der Waals surface area contributed by atoms with Gasteiger partial charge in [0.2, 0.25) is 0 Å². The standard InChI is InChI=1S/C19H37Cl/c1-3-5-7-8-9-10-11-12-13-14-16-18-19(20)17-15-6-4-2/h4,6,19H,3,5,7-18H2,1-2H3/b6-4+. The van der Waals surface area contributed by atoms with Crippen molar-refractivity contribution < 1.29 is 0 Å². The van der Waals surface area contributed by atoms with Crippen LogP contribution < -0.4 is 0 Å². The van der Waals surface area contributed by atoms with Crippen molar-refractivity contribution in [2.75, 3.05) is 0 Å². The molecule has 0 amide bonds. The second kappa shape index (κ2) is 17.1. The van der Waals surface area contributed by atoms with E-state index < -0.39 is 0 Å². The van der Waals surface area contributed by atoms with Crippen LogP contribution in [0.25, 0.3) is 0 Å². The fraction of sp³-hybridized carbons (Fsp3) is 0.895. The first-order valence-electron chi connectivity index (χ1n) is 9.06. The minimum Gasteiger partial charge on any atom is -0.123 e. The van der Waals surface area contributed by atoms with Crippen molar-refractivity contribution in [3.63, 3.8) is 0 Å². The van der Waals surface area contributed by atoms with Crippen molar-refractivity contribution in [2.24, 2.45) is 0 Å². The van der Waals surface area contributed by atoms with Crippen molar-refractivity contribution >= 4 is 11.6 Å². The topological polar surface area (TPSA) is 0 Å². The number of hydrogen-bond acceptors (Lipinski definition) is 0. The van der Waals surface area contributed by atoms with E-state index in [0.29, 0.717) is 5.38 Å². The van der Waals surface area contributed by atoms with Crippen LogP contribution in [0.1, 0.15) is 104 Å². The zero-order chi connectivity index (χ0) is 14.9. The van der Waals surface area contributed by atoms with E-state index in [2.05, 4.69) is 26.0 Å². The molecule has 0 aromatic heterocycles. The van der Waals surface area contributed by atoms with E-state index in [9.17, 15) is 0 Å². The maximum Gasteiger partial charge on any atom is 0.0339 e. The van der Waals surface area contributed by atoms with Gasteiger partial charge in [0.05, 0.1) is 0 Å². The molecule has 0 fully saturated rings. The first kappa shape index (κ1) is 20.0. The van der Waals surface area contributed by atoms with E-state index in [1.165, 1.54) is 77.0 Å². The van der Waals surface area contributed by atoms with E-state index >= 15 is 0 Å². The van der Waals surface area contributed by atoms with Crippen LogP contribution >= 0.6 is 11.6 Å². The molecule has 0 aliphatic carbocycles. The number of hydrogen-bond donors (Lipinski definition) is 0. The molecule has 1 unspecified atom stereocenters. The van der Waals surface area contributed by atoms with Crippen LogP contribution in [0.5, 0.6) is 0 Å². The summed E-state index contributed by atoms with van der Waals surface area (Å²) in [6, 6.07) is 0. The Bertz CT molecular complexity index is 198. The van der Waals surface area contributed by atoms with Crippen LogP contribution in [0.3, 0.4) is 0 Å². The highest BCUT2D eigenvalue weighted by Gasteiger charge is 2.02. The summed E-state index contributed by atoms with van der Waals surface area (Å²) in [4.78, 5) is 0. The number of alkyl halides is 1. The SMILES string of the molecule is C/C=C/CCC(Cl)CCCCCCCCCCCCC. The minimum absolute atomic E-state index is 0.393. The van der Waals surface area contributed by atoms with Gasteiger partial charge in [-0.2, -0.15) is 0 Å². The van der Waals surface area contributed by atoms with Gasteiger partial charge in [-0.3, -0.25) is 0 Å². The molecule has 1 atom stereocenters. The lowest BCUT2D eigenvalue weighted by atomic mass is 10.0. The molecule has 1 heteroatoms. The van der Waals surface area contributed by atoms with Gasteiger partial charge < -0.3 is 0 Å². The third-order valence-electron chi connectivity index (χ3n) is 4.00. The molecule has 0 saturated heterocycles. The molecule has 0 aromatic carbocycles. The Kier molecular flexibility index (Phi) is 17.1. The largest absolute Gasteiger partial charge is 0.123 e. The summed E-state index contributed by atoms with van der Waals surface area (Å²) in [5, 5.41) is 0.393. The van der Waals surface area contributed by atoms with Crippen LogP contribution in [0.15, 0.2) is 12.2 Å². The van der Waals surface area contributed by atoms with Gasteiger partial charge in [-0.15, -0.1) is 11.6 Å². The Hall–Kier alpha value is 0.0300. The molecule has 0 rings (SSSR count). The Morgan fingerprint density at radius 2 is 1.25 bits per heavy atom. The lowest BCUT2D eigenvalue weighted by Crippen LogP contribution is -1.97. The average Bonchev–Trinajstić information content (AvgIpc) is 2.45. The molecule has 0 radical (unpaired) electrons. The minimum atomic E-state index is 0.393. The summed E-state index contributed by atoms with van der Waals surface area (Å²) < 4.78 is 0. The zero-order valence-corrected chi connectivity index (χ0v) is 14.8. The maximum absolute atomic E-state index is 6.31. The first-order valence-corrected chi connectivity index (χ1v) is 9.50. The molecule has 0 spiro atoms. The van der Waals surface area contributed by atoms with E-state index in [-0.39, 0.29) is 0 Å².